The van der Waals surface area contributed by atoms with Crippen molar-refractivity contribution in [3.8, 4) is 11.6 Å². The van der Waals surface area contributed by atoms with Crippen LogP contribution in [0.2, 0.25) is 10.0 Å². The molecule has 0 spiro atoms. The van der Waals surface area contributed by atoms with Gasteiger partial charge in [-0.25, -0.2) is 9.97 Å². The second-order valence-corrected chi connectivity index (χ2v) is 4.29. The minimum absolute atomic E-state index is 0.408. The van der Waals surface area contributed by atoms with Crippen LogP contribution in [0, 0.1) is 0 Å². The van der Waals surface area contributed by atoms with Crippen molar-refractivity contribution >= 4 is 29.0 Å². The molecule has 1 aromatic heterocycles. The largest absolute Gasteiger partial charge is 0.437 e. The molecule has 0 bridgehead atoms. The summed E-state index contributed by atoms with van der Waals surface area (Å²) in [7, 11) is 0. The molecular formula is C12H11Cl2N3O. The van der Waals surface area contributed by atoms with Gasteiger partial charge in [0.25, 0.3) is 0 Å². The first kappa shape index (κ1) is 12.9. The van der Waals surface area contributed by atoms with Crippen molar-refractivity contribution in [1.29, 1.82) is 0 Å². The van der Waals surface area contributed by atoms with Gasteiger partial charge in [0.1, 0.15) is 17.9 Å². The molecule has 0 amide bonds. The van der Waals surface area contributed by atoms with Crippen LogP contribution in [0.3, 0.4) is 0 Å². The van der Waals surface area contributed by atoms with Crippen LogP contribution in [0.1, 0.15) is 6.92 Å². The molecule has 0 aliphatic rings. The van der Waals surface area contributed by atoms with Gasteiger partial charge in [0.15, 0.2) is 0 Å². The van der Waals surface area contributed by atoms with Crippen molar-refractivity contribution in [3.63, 3.8) is 0 Å². The minimum atomic E-state index is 0.408. The lowest BCUT2D eigenvalue weighted by molar-refractivity contribution is 0.462. The predicted molar refractivity (Wildman–Crippen MR) is 72.7 cm³/mol. The first-order valence-corrected chi connectivity index (χ1v) is 6.13. The molecule has 0 saturated heterocycles. The highest BCUT2D eigenvalue weighted by atomic mass is 35.5. The molecule has 1 N–H and O–H groups in total. The van der Waals surface area contributed by atoms with E-state index < -0.39 is 0 Å². The van der Waals surface area contributed by atoms with Gasteiger partial charge in [-0.15, -0.1) is 0 Å². The zero-order chi connectivity index (χ0) is 13.0. The van der Waals surface area contributed by atoms with Crippen molar-refractivity contribution in [2.75, 3.05) is 11.9 Å². The molecule has 6 heteroatoms. The Bertz CT molecular complexity index is 549. The fourth-order valence-corrected chi connectivity index (χ4v) is 1.66. The third kappa shape index (κ3) is 3.24. The number of nitrogens with one attached hydrogen (secondary N) is 1. The minimum Gasteiger partial charge on any atom is -0.437 e. The summed E-state index contributed by atoms with van der Waals surface area (Å²) in [5.74, 6) is 1.57. The second-order valence-electron chi connectivity index (χ2n) is 3.45. The fourth-order valence-electron chi connectivity index (χ4n) is 1.34. The Balaban J connectivity index is 2.22. The highest BCUT2D eigenvalue weighted by molar-refractivity contribution is 6.34. The number of aromatic nitrogens is 2. The zero-order valence-electron chi connectivity index (χ0n) is 9.65. The van der Waals surface area contributed by atoms with Gasteiger partial charge in [-0.2, -0.15) is 0 Å². The molecule has 0 fully saturated rings. The van der Waals surface area contributed by atoms with E-state index in [2.05, 4.69) is 15.3 Å². The molecule has 2 aromatic rings. The van der Waals surface area contributed by atoms with E-state index in [-0.39, 0.29) is 0 Å². The van der Waals surface area contributed by atoms with E-state index in [9.17, 15) is 0 Å². The van der Waals surface area contributed by atoms with Gasteiger partial charge in [-0.1, -0.05) is 23.2 Å². The van der Waals surface area contributed by atoms with E-state index in [0.717, 1.165) is 6.54 Å². The Morgan fingerprint density at radius 1 is 1.22 bits per heavy atom. The van der Waals surface area contributed by atoms with Gasteiger partial charge >= 0.3 is 0 Å². The number of benzene rings is 1. The first-order chi connectivity index (χ1) is 8.69. The van der Waals surface area contributed by atoms with Crippen LogP contribution in [0.5, 0.6) is 11.6 Å². The van der Waals surface area contributed by atoms with Crippen molar-refractivity contribution in [3.05, 3.63) is 40.6 Å². The number of hydrogen-bond acceptors (Lipinski definition) is 4. The summed E-state index contributed by atoms with van der Waals surface area (Å²) < 4.78 is 5.57. The predicted octanol–water partition coefficient (Wildman–Crippen LogP) is 4.01. The van der Waals surface area contributed by atoms with Crippen LogP contribution in [0.4, 0.5) is 5.82 Å². The van der Waals surface area contributed by atoms with Crippen molar-refractivity contribution in [2.45, 2.75) is 6.92 Å². The lowest BCUT2D eigenvalue weighted by Gasteiger charge is -2.08. The average molecular weight is 284 g/mol. The standard InChI is InChI=1S/C12H11Cl2N3O/c1-2-15-11-6-12(17-7-16-11)18-10-5-8(13)3-4-9(10)14/h3-7H,2H2,1H3,(H,15,16,17). The highest BCUT2D eigenvalue weighted by Gasteiger charge is 2.06. The number of ether oxygens (including phenoxy) is 1. The lowest BCUT2D eigenvalue weighted by Crippen LogP contribution is -2.00. The van der Waals surface area contributed by atoms with Gasteiger partial charge < -0.3 is 10.1 Å². The number of rotatable bonds is 4. The van der Waals surface area contributed by atoms with Crippen molar-refractivity contribution in [2.24, 2.45) is 0 Å². The summed E-state index contributed by atoms with van der Waals surface area (Å²) >= 11 is 11.9. The summed E-state index contributed by atoms with van der Waals surface area (Å²) in [6.45, 7) is 2.75. The summed E-state index contributed by atoms with van der Waals surface area (Å²) in [4.78, 5) is 8.06. The molecule has 0 unspecified atom stereocenters. The Morgan fingerprint density at radius 2 is 2.06 bits per heavy atom. The molecule has 1 heterocycles. The van der Waals surface area contributed by atoms with Crippen LogP contribution >= 0.6 is 23.2 Å². The van der Waals surface area contributed by atoms with E-state index in [1.165, 1.54) is 6.33 Å². The number of anilines is 1. The van der Waals surface area contributed by atoms with Gasteiger partial charge in [-0.3, -0.25) is 0 Å². The third-order valence-electron chi connectivity index (χ3n) is 2.11. The van der Waals surface area contributed by atoms with Gasteiger partial charge in [0.05, 0.1) is 5.02 Å². The Labute approximate surface area is 115 Å². The molecule has 1 aromatic carbocycles. The van der Waals surface area contributed by atoms with Crippen LogP contribution in [-0.4, -0.2) is 16.5 Å². The van der Waals surface area contributed by atoms with E-state index >= 15 is 0 Å². The number of hydrogen-bond donors (Lipinski definition) is 1. The van der Waals surface area contributed by atoms with Crippen LogP contribution in [-0.2, 0) is 0 Å². The van der Waals surface area contributed by atoms with E-state index in [4.69, 9.17) is 27.9 Å². The molecule has 2 rings (SSSR count). The van der Waals surface area contributed by atoms with E-state index in [1.807, 2.05) is 6.92 Å². The summed E-state index contributed by atoms with van der Waals surface area (Å²) in [5, 5.41) is 4.10. The van der Waals surface area contributed by atoms with Crippen LogP contribution in [0.25, 0.3) is 0 Å². The van der Waals surface area contributed by atoms with Crippen LogP contribution in [0.15, 0.2) is 30.6 Å². The molecule has 0 radical (unpaired) electrons. The summed E-state index contributed by atoms with van der Waals surface area (Å²) in [5.41, 5.74) is 0. The number of halogens is 2. The molecule has 0 saturated carbocycles. The summed E-state index contributed by atoms with van der Waals surface area (Å²) in [6.07, 6.45) is 1.42. The Kier molecular flexibility index (Phi) is 4.23. The zero-order valence-corrected chi connectivity index (χ0v) is 11.2. The molecule has 0 aliphatic heterocycles. The monoisotopic (exact) mass is 283 g/mol. The SMILES string of the molecule is CCNc1cc(Oc2cc(Cl)ccc2Cl)ncn1. The molecule has 18 heavy (non-hydrogen) atoms. The smallest absolute Gasteiger partial charge is 0.224 e. The van der Waals surface area contributed by atoms with Gasteiger partial charge in [0, 0.05) is 23.7 Å². The maximum atomic E-state index is 6.00. The maximum absolute atomic E-state index is 6.00. The van der Waals surface area contributed by atoms with Gasteiger partial charge in [0.2, 0.25) is 5.88 Å². The van der Waals surface area contributed by atoms with Crippen molar-refractivity contribution in [1.82, 2.24) is 9.97 Å². The molecule has 0 atom stereocenters. The molecule has 94 valence electrons. The van der Waals surface area contributed by atoms with Gasteiger partial charge in [-0.05, 0) is 19.1 Å². The Hall–Kier alpha value is -1.52. The average Bonchev–Trinajstić information content (AvgIpc) is 2.35. The molecular weight excluding hydrogens is 273 g/mol. The molecule has 4 nitrogen and oxygen atoms in total. The van der Waals surface area contributed by atoms with E-state index in [1.54, 1.807) is 24.3 Å². The fraction of sp³-hybridized carbons (Fsp3) is 0.167. The van der Waals surface area contributed by atoms with Crippen LogP contribution < -0.4 is 10.1 Å². The topological polar surface area (TPSA) is 47.0 Å². The van der Waals surface area contributed by atoms with Crippen molar-refractivity contribution < 1.29 is 4.74 Å². The van der Waals surface area contributed by atoms with E-state index in [0.29, 0.717) is 27.5 Å². The second kappa shape index (κ2) is 5.89. The molecule has 0 aliphatic carbocycles. The number of nitrogens with zero attached hydrogens (tertiary/aromatic N) is 2. The normalized spacial score (nSPS) is 10.2. The first-order valence-electron chi connectivity index (χ1n) is 5.38. The third-order valence-corrected chi connectivity index (χ3v) is 2.66. The maximum Gasteiger partial charge on any atom is 0.224 e. The quantitative estimate of drug-likeness (QED) is 0.921. The summed E-state index contributed by atoms with van der Waals surface area (Å²) in [6, 6.07) is 6.70. The Morgan fingerprint density at radius 3 is 2.83 bits per heavy atom. The lowest BCUT2D eigenvalue weighted by atomic mass is 10.3. The highest BCUT2D eigenvalue weighted by Crippen LogP contribution is 2.31.